The van der Waals surface area contributed by atoms with Crippen LogP contribution in [0, 0.1) is 13.8 Å². The molecule has 0 aliphatic rings. The molecule has 0 saturated carbocycles. The van der Waals surface area contributed by atoms with E-state index in [0.29, 0.717) is 18.2 Å². The first-order chi connectivity index (χ1) is 9.06. The van der Waals surface area contributed by atoms with Crippen molar-refractivity contribution in [1.82, 2.24) is 15.0 Å². The van der Waals surface area contributed by atoms with E-state index in [1.165, 1.54) is 0 Å². The Hall–Kier alpha value is -2.08. The van der Waals surface area contributed by atoms with Crippen molar-refractivity contribution in [3.63, 3.8) is 0 Å². The van der Waals surface area contributed by atoms with Crippen LogP contribution in [0.4, 0.5) is 5.95 Å². The van der Waals surface area contributed by atoms with Gasteiger partial charge in [0.05, 0.1) is 12.2 Å². The molecule has 0 aliphatic heterocycles. The van der Waals surface area contributed by atoms with Crippen LogP contribution >= 0.6 is 12.2 Å². The Kier molecular flexibility index (Phi) is 4.01. The molecule has 2 heterocycles. The number of nitrogens with zero attached hydrogens (tertiary/aromatic N) is 3. The van der Waals surface area contributed by atoms with Crippen LogP contribution in [0.3, 0.4) is 0 Å². The van der Waals surface area contributed by atoms with Crippen molar-refractivity contribution < 1.29 is 0 Å². The lowest BCUT2D eigenvalue weighted by Crippen LogP contribution is -2.15. The highest BCUT2D eigenvalue weighted by molar-refractivity contribution is 7.80. The first-order valence-electron chi connectivity index (χ1n) is 5.86. The fraction of sp³-hybridized carbons (Fsp3) is 0.231. The van der Waals surface area contributed by atoms with Crippen LogP contribution in [0.1, 0.15) is 22.6 Å². The number of aryl methyl sites for hydroxylation is 2. The molecule has 19 heavy (non-hydrogen) atoms. The molecule has 0 fully saturated rings. The van der Waals surface area contributed by atoms with Crippen LogP contribution in [0.5, 0.6) is 0 Å². The molecule has 0 aliphatic carbocycles. The zero-order chi connectivity index (χ0) is 13.8. The number of thiocarbonyl (C=S) groups is 1. The number of nitrogens with two attached hydrogens (primary N) is 1. The van der Waals surface area contributed by atoms with Crippen molar-refractivity contribution in [2.75, 3.05) is 5.32 Å². The zero-order valence-electron chi connectivity index (χ0n) is 10.8. The van der Waals surface area contributed by atoms with Gasteiger partial charge in [-0.3, -0.25) is 4.98 Å². The molecule has 2 rings (SSSR count). The van der Waals surface area contributed by atoms with E-state index in [1.54, 1.807) is 12.3 Å². The van der Waals surface area contributed by atoms with Crippen molar-refractivity contribution in [1.29, 1.82) is 0 Å². The van der Waals surface area contributed by atoms with E-state index in [4.69, 9.17) is 18.0 Å². The van der Waals surface area contributed by atoms with Gasteiger partial charge in [-0.1, -0.05) is 18.3 Å². The SMILES string of the molecule is Cc1cc(C(N)=S)nc(NCc2ncccc2C)n1. The van der Waals surface area contributed by atoms with Crippen LogP contribution in [-0.2, 0) is 6.54 Å². The van der Waals surface area contributed by atoms with Gasteiger partial charge in [-0.15, -0.1) is 0 Å². The third-order valence-corrected chi connectivity index (χ3v) is 2.85. The molecule has 0 aromatic carbocycles. The van der Waals surface area contributed by atoms with Gasteiger partial charge in [0.2, 0.25) is 5.95 Å². The average molecular weight is 273 g/mol. The summed E-state index contributed by atoms with van der Waals surface area (Å²) in [5.41, 5.74) is 9.06. The quantitative estimate of drug-likeness (QED) is 0.826. The maximum absolute atomic E-state index is 5.58. The van der Waals surface area contributed by atoms with Gasteiger partial charge < -0.3 is 11.1 Å². The smallest absolute Gasteiger partial charge is 0.223 e. The van der Waals surface area contributed by atoms with Crippen molar-refractivity contribution >= 4 is 23.2 Å². The molecule has 0 radical (unpaired) electrons. The third kappa shape index (κ3) is 3.45. The predicted octanol–water partition coefficient (Wildman–Crippen LogP) is 1.73. The van der Waals surface area contributed by atoms with E-state index in [1.807, 2.05) is 26.0 Å². The molecule has 98 valence electrons. The normalized spacial score (nSPS) is 10.2. The standard InChI is InChI=1S/C13H15N5S/c1-8-4-3-5-15-11(8)7-16-13-17-9(2)6-10(18-13)12(14)19/h3-6H,7H2,1-2H3,(H2,14,19)(H,16,17,18). The number of hydrogen-bond acceptors (Lipinski definition) is 5. The number of nitrogens with one attached hydrogen (secondary N) is 1. The van der Waals surface area contributed by atoms with Crippen LogP contribution < -0.4 is 11.1 Å². The van der Waals surface area contributed by atoms with Gasteiger partial charge in [0.1, 0.15) is 10.7 Å². The van der Waals surface area contributed by atoms with Gasteiger partial charge in [-0.25, -0.2) is 9.97 Å². The summed E-state index contributed by atoms with van der Waals surface area (Å²) in [7, 11) is 0. The van der Waals surface area contributed by atoms with Gasteiger partial charge in [-0.05, 0) is 31.5 Å². The Morgan fingerprint density at radius 1 is 1.37 bits per heavy atom. The lowest BCUT2D eigenvalue weighted by Gasteiger charge is -2.08. The summed E-state index contributed by atoms with van der Waals surface area (Å²) in [5, 5.41) is 3.14. The van der Waals surface area contributed by atoms with E-state index in [-0.39, 0.29) is 4.99 Å². The van der Waals surface area contributed by atoms with E-state index in [2.05, 4.69) is 20.3 Å². The van der Waals surface area contributed by atoms with Crippen LogP contribution in [0.15, 0.2) is 24.4 Å². The molecule has 6 heteroatoms. The summed E-state index contributed by atoms with van der Waals surface area (Å²) in [6, 6.07) is 5.69. The second-order valence-electron chi connectivity index (χ2n) is 4.20. The molecule has 2 aromatic rings. The van der Waals surface area contributed by atoms with Gasteiger partial charge >= 0.3 is 0 Å². The molecule has 0 atom stereocenters. The topological polar surface area (TPSA) is 76.7 Å². The minimum atomic E-state index is 0.266. The number of hydrogen-bond donors (Lipinski definition) is 2. The number of rotatable bonds is 4. The summed E-state index contributed by atoms with van der Waals surface area (Å²) in [4.78, 5) is 13.1. The maximum atomic E-state index is 5.58. The molecular weight excluding hydrogens is 258 g/mol. The number of pyridine rings is 1. The first-order valence-corrected chi connectivity index (χ1v) is 6.27. The van der Waals surface area contributed by atoms with E-state index >= 15 is 0 Å². The highest BCUT2D eigenvalue weighted by Gasteiger charge is 2.05. The zero-order valence-corrected chi connectivity index (χ0v) is 11.7. The molecular formula is C13H15N5S. The lowest BCUT2D eigenvalue weighted by molar-refractivity contribution is 0.972. The molecule has 0 spiro atoms. The molecule has 3 N–H and O–H groups in total. The summed E-state index contributed by atoms with van der Waals surface area (Å²) in [5.74, 6) is 0.507. The Balaban J connectivity index is 2.16. The largest absolute Gasteiger partial charge is 0.388 e. The van der Waals surface area contributed by atoms with E-state index in [9.17, 15) is 0 Å². The van der Waals surface area contributed by atoms with Crippen LogP contribution in [-0.4, -0.2) is 19.9 Å². The summed E-state index contributed by atoms with van der Waals surface area (Å²) >= 11 is 4.93. The second kappa shape index (κ2) is 5.71. The van der Waals surface area contributed by atoms with Crippen molar-refractivity contribution in [2.24, 2.45) is 5.73 Å². The lowest BCUT2D eigenvalue weighted by atomic mass is 10.2. The average Bonchev–Trinajstić information content (AvgIpc) is 2.37. The Morgan fingerprint density at radius 2 is 2.16 bits per heavy atom. The molecule has 5 nitrogen and oxygen atoms in total. The minimum absolute atomic E-state index is 0.266. The Bertz CT molecular complexity index is 612. The fourth-order valence-electron chi connectivity index (χ4n) is 1.64. The van der Waals surface area contributed by atoms with Gasteiger partial charge in [0, 0.05) is 11.9 Å². The molecule has 0 bridgehead atoms. The van der Waals surface area contributed by atoms with Crippen molar-refractivity contribution in [3.8, 4) is 0 Å². The minimum Gasteiger partial charge on any atom is -0.388 e. The van der Waals surface area contributed by atoms with Crippen molar-refractivity contribution in [2.45, 2.75) is 20.4 Å². The Labute approximate surface area is 117 Å². The second-order valence-corrected chi connectivity index (χ2v) is 4.64. The molecule has 2 aromatic heterocycles. The Morgan fingerprint density at radius 3 is 2.84 bits per heavy atom. The van der Waals surface area contributed by atoms with Gasteiger partial charge in [0.15, 0.2) is 0 Å². The summed E-state index contributed by atoms with van der Waals surface area (Å²) in [6.07, 6.45) is 1.77. The molecule has 0 unspecified atom stereocenters. The maximum Gasteiger partial charge on any atom is 0.223 e. The van der Waals surface area contributed by atoms with E-state index < -0.39 is 0 Å². The highest BCUT2D eigenvalue weighted by atomic mass is 32.1. The fourth-order valence-corrected chi connectivity index (χ4v) is 1.74. The van der Waals surface area contributed by atoms with E-state index in [0.717, 1.165) is 17.0 Å². The van der Waals surface area contributed by atoms with Crippen LogP contribution in [0.2, 0.25) is 0 Å². The number of anilines is 1. The summed E-state index contributed by atoms with van der Waals surface area (Å²) in [6.45, 7) is 4.45. The van der Waals surface area contributed by atoms with Gasteiger partial charge in [-0.2, -0.15) is 0 Å². The van der Waals surface area contributed by atoms with Crippen LogP contribution in [0.25, 0.3) is 0 Å². The summed E-state index contributed by atoms with van der Waals surface area (Å²) < 4.78 is 0. The molecule has 0 saturated heterocycles. The number of aromatic nitrogens is 3. The molecule has 0 amide bonds. The highest BCUT2D eigenvalue weighted by Crippen LogP contribution is 2.08. The predicted molar refractivity (Wildman–Crippen MR) is 79.0 cm³/mol. The first kappa shape index (κ1) is 13.4. The van der Waals surface area contributed by atoms with Gasteiger partial charge in [0.25, 0.3) is 0 Å². The van der Waals surface area contributed by atoms with Crippen molar-refractivity contribution in [3.05, 3.63) is 47.0 Å². The third-order valence-electron chi connectivity index (χ3n) is 2.64. The monoisotopic (exact) mass is 273 g/mol.